The normalized spacial score (nSPS) is 26.9. The molecule has 1 saturated heterocycles. The number of esters is 4. The summed E-state index contributed by atoms with van der Waals surface area (Å²) in [4.78, 5) is 68.5. The second-order valence-electron chi connectivity index (χ2n) is 16.1. The lowest BCUT2D eigenvalue weighted by Gasteiger charge is -2.56. The predicted molar refractivity (Wildman–Crippen MR) is 213 cm³/mol. The van der Waals surface area contributed by atoms with Crippen LogP contribution < -0.4 is 26.5 Å². The molecule has 14 heteroatoms. The fraction of sp³-hybridized carbons (Fsp3) is 0.591. The van der Waals surface area contributed by atoms with Gasteiger partial charge in [-0.1, -0.05) is 64.8 Å². The molecule has 2 saturated carbocycles. The van der Waals surface area contributed by atoms with Gasteiger partial charge in [0, 0.05) is 65.6 Å². The van der Waals surface area contributed by atoms with Crippen LogP contribution in [0.4, 0.5) is 5.69 Å². The van der Waals surface area contributed by atoms with Crippen LogP contribution >= 0.6 is 0 Å². The van der Waals surface area contributed by atoms with E-state index in [9.17, 15) is 29.1 Å². The van der Waals surface area contributed by atoms with Gasteiger partial charge in [-0.3, -0.25) is 39.6 Å². The lowest BCUT2D eigenvalue weighted by atomic mass is 9.58. The smallest absolute Gasteiger partial charge is 0.305 e. The summed E-state index contributed by atoms with van der Waals surface area (Å²) < 4.78 is 22.2. The standard InChI is InChI=1S/C44H56N4O10/c1-5-31(49)55-19-25(20-56-32(50)6-2)43-45-29-13-9-11-23-15-17-27(39(47-43)35(23)29)37-41(53)38(42(37)54)28-18-16-24-12-10-14-30-36(24)40(28)48-44(46-30)26(21-57-33(51)7-3)22-58-34(52)8-4/h9,11,13,15,17,24-26,28,30,36,40,43-46,48,53H,5-8,10,12,14,16,18-22H2,1-4H3/b37-27-. The molecule has 3 aliphatic carbocycles. The molecule has 5 aliphatic rings. The molecular formula is C44H56N4O10. The average molecular weight is 801 g/mol. The van der Waals surface area contributed by atoms with E-state index in [2.05, 4.69) is 16.0 Å². The van der Waals surface area contributed by atoms with Gasteiger partial charge in [0.05, 0.1) is 28.9 Å². The molecule has 0 radical (unpaired) electrons. The highest BCUT2D eigenvalue weighted by molar-refractivity contribution is 6.36. The third-order valence-electron chi connectivity index (χ3n) is 12.7. The number of anilines is 1. The molecule has 312 valence electrons. The molecule has 2 aromatic carbocycles. The molecule has 4 N–H and O–H groups in total. The van der Waals surface area contributed by atoms with Crippen LogP contribution in [0.15, 0.2) is 46.7 Å². The van der Waals surface area contributed by atoms with E-state index < -0.39 is 12.1 Å². The number of aliphatic hydroxyl groups is 1. The Bertz CT molecular complexity index is 2060. The van der Waals surface area contributed by atoms with Crippen molar-refractivity contribution >= 4 is 51.7 Å². The Balaban J connectivity index is 1.26. The van der Waals surface area contributed by atoms with Crippen LogP contribution in [0.3, 0.4) is 0 Å². The molecule has 14 nitrogen and oxygen atoms in total. The first-order chi connectivity index (χ1) is 28.1. The molecule has 3 fully saturated rings. The van der Waals surface area contributed by atoms with Crippen molar-refractivity contribution in [3.63, 3.8) is 0 Å². The number of hydrogen-bond donors (Lipinski definition) is 4. The number of nitrogens with zero attached hydrogens (tertiary/aromatic N) is 1. The maximum Gasteiger partial charge on any atom is 0.305 e. The fourth-order valence-electron chi connectivity index (χ4n) is 9.60. The Labute approximate surface area is 338 Å². The fourth-order valence-corrected chi connectivity index (χ4v) is 9.60. The van der Waals surface area contributed by atoms with Crippen molar-refractivity contribution in [2.24, 2.45) is 34.6 Å². The van der Waals surface area contributed by atoms with E-state index in [-0.39, 0.29) is 129 Å². The van der Waals surface area contributed by atoms with E-state index >= 15 is 0 Å². The van der Waals surface area contributed by atoms with Crippen molar-refractivity contribution < 1.29 is 48.0 Å². The van der Waals surface area contributed by atoms with E-state index in [0.29, 0.717) is 22.1 Å². The zero-order chi connectivity index (χ0) is 41.1. The maximum absolute atomic E-state index is 14.6. The van der Waals surface area contributed by atoms with Crippen LogP contribution in [0, 0.1) is 29.6 Å². The van der Waals surface area contributed by atoms with Crippen molar-refractivity contribution in [2.45, 2.75) is 110 Å². The van der Waals surface area contributed by atoms with Crippen molar-refractivity contribution in [1.82, 2.24) is 10.6 Å². The minimum Gasteiger partial charge on any atom is -0.507 e. The Morgan fingerprint density at radius 2 is 1.40 bits per heavy atom. The number of ketones is 1. The molecule has 0 amide bonds. The van der Waals surface area contributed by atoms with E-state index in [1.807, 2.05) is 30.3 Å². The SMILES string of the molecule is CCC(=O)OCC(COC(=O)CC)C1N=c2/c(=C3\C(=O)C(C4CCC5CCCC6NC(C(COC(=O)CC)COC(=O)CC)NC4C56)=C3O)ccc3cccc(c23)N1. The van der Waals surface area contributed by atoms with Gasteiger partial charge in [0.1, 0.15) is 38.4 Å². The molecule has 0 aromatic heterocycles. The number of carbonyl (C=O) groups excluding carboxylic acids is 5. The first-order valence-corrected chi connectivity index (χ1v) is 21.1. The van der Waals surface area contributed by atoms with Crippen LogP contribution in [0.25, 0.3) is 16.3 Å². The largest absolute Gasteiger partial charge is 0.507 e. The van der Waals surface area contributed by atoms with Gasteiger partial charge in [0.15, 0.2) is 5.78 Å². The number of benzene rings is 2. The lowest BCUT2D eigenvalue weighted by molar-refractivity contribution is -0.151. The summed E-state index contributed by atoms with van der Waals surface area (Å²) in [6, 6.07) is 9.51. The van der Waals surface area contributed by atoms with Crippen molar-refractivity contribution in [1.29, 1.82) is 0 Å². The van der Waals surface area contributed by atoms with E-state index in [4.69, 9.17) is 23.9 Å². The topological polar surface area (TPSA) is 191 Å². The summed E-state index contributed by atoms with van der Waals surface area (Å²) in [5.41, 5.74) is 1.37. The summed E-state index contributed by atoms with van der Waals surface area (Å²) in [5, 5.41) is 25.8. The lowest BCUT2D eigenvalue weighted by Crippen LogP contribution is -2.71. The Morgan fingerprint density at radius 3 is 2.00 bits per heavy atom. The van der Waals surface area contributed by atoms with Crippen molar-refractivity contribution in [2.75, 3.05) is 31.7 Å². The number of ether oxygens (including phenoxy) is 4. The van der Waals surface area contributed by atoms with Crippen molar-refractivity contribution in [3.05, 3.63) is 52.2 Å². The molecule has 2 aromatic rings. The molecule has 7 atom stereocenters. The number of hydrogen-bond acceptors (Lipinski definition) is 14. The Hall–Kier alpha value is -4.82. The molecule has 2 heterocycles. The predicted octanol–water partition coefficient (Wildman–Crippen LogP) is 3.88. The van der Waals surface area contributed by atoms with Crippen LogP contribution in [0.2, 0.25) is 0 Å². The second-order valence-corrected chi connectivity index (χ2v) is 16.1. The Morgan fingerprint density at radius 1 is 0.776 bits per heavy atom. The minimum absolute atomic E-state index is 0.0355. The first kappa shape index (κ1) is 41.3. The van der Waals surface area contributed by atoms with Gasteiger partial charge in [0.2, 0.25) is 0 Å². The minimum atomic E-state index is -0.675. The van der Waals surface area contributed by atoms with E-state index in [0.717, 1.165) is 48.6 Å². The van der Waals surface area contributed by atoms with Gasteiger partial charge in [-0.25, -0.2) is 0 Å². The van der Waals surface area contributed by atoms with Crippen LogP contribution in [0.5, 0.6) is 0 Å². The van der Waals surface area contributed by atoms with Gasteiger partial charge in [-0.05, 0) is 42.6 Å². The first-order valence-electron chi connectivity index (χ1n) is 21.1. The zero-order valence-corrected chi connectivity index (χ0v) is 33.8. The molecule has 0 bridgehead atoms. The van der Waals surface area contributed by atoms with Crippen LogP contribution in [-0.2, 0) is 42.9 Å². The monoisotopic (exact) mass is 800 g/mol. The summed E-state index contributed by atoms with van der Waals surface area (Å²) in [6.07, 6.45) is 4.56. The molecule has 0 spiro atoms. The Kier molecular flexibility index (Phi) is 12.8. The van der Waals surface area contributed by atoms with Crippen LogP contribution in [-0.4, -0.2) is 85.6 Å². The van der Waals surface area contributed by atoms with Gasteiger partial charge in [0.25, 0.3) is 0 Å². The maximum atomic E-state index is 14.6. The third kappa shape index (κ3) is 8.22. The molecular weight excluding hydrogens is 745 g/mol. The zero-order valence-electron chi connectivity index (χ0n) is 33.8. The van der Waals surface area contributed by atoms with Crippen molar-refractivity contribution in [3.8, 4) is 0 Å². The average Bonchev–Trinajstić information content (AvgIpc) is 3.24. The summed E-state index contributed by atoms with van der Waals surface area (Å²) in [7, 11) is 0. The number of allylic oxidation sites excluding steroid dienone is 1. The highest BCUT2D eigenvalue weighted by Crippen LogP contribution is 2.50. The van der Waals surface area contributed by atoms with Gasteiger partial charge in [-0.15, -0.1) is 0 Å². The number of nitrogens with one attached hydrogen (secondary N) is 3. The number of rotatable bonds is 15. The number of carbonyl (C=O) groups is 5. The summed E-state index contributed by atoms with van der Waals surface area (Å²) in [6.45, 7) is 6.92. The van der Waals surface area contributed by atoms with Gasteiger partial charge in [-0.2, -0.15) is 0 Å². The van der Waals surface area contributed by atoms with E-state index in [1.54, 1.807) is 27.7 Å². The molecule has 58 heavy (non-hydrogen) atoms. The third-order valence-corrected chi connectivity index (χ3v) is 12.7. The molecule has 7 rings (SSSR count). The quantitative estimate of drug-likeness (QED) is 0.150. The highest BCUT2D eigenvalue weighted by atomic mass is 16.6. The summed E-state index contributed by atoms with van der Waals surface area (Å²) in [5.74, 6) is -2.23. The van der Waals surface area contributed by atoms with E-state index in [1.165, 1.54) is 0 Å². The van der Waals surface area contributed by atoms with Crippen LogP contribution in [0.1, 0.15) is 85.5 Å². The van der Waals surface area contributed by atoms with Gasteiger partial charge < -0.3 is 29.4 Å². The molecule has 7 unspecified atom stereocenters. The highest BCUT2D eigenvalue weighted by Gasteiger charge is 2.54. The number of aliphatic hydroxyl groups excluding tert-OH is 1. The molecule has 2 aliphatic heterocycles. The second kappa shape index (κ2) is 18.0. The summed E-state index contributed by atoms with van der Waals surface area (Å²) >= 11 is 0. The van der Waals surface area contributed by atoms with Gasteiger partial charge >= 0.3 is 23.9 Å². The number of Topliss-reactive ketones (excluding diaryl/α,β-unsaturated/α-hetero) is 1.